The lowest BCUT2D eigenvalue weighted by Gasteiger charge is -2.32. The zero-order valence-electron chi connectivity index (χ0n) is 19.1. The van der Waals surface area contributed by atoms with Gasteiger partial charge in [-0.2, -0.15) is 10.1 Å². The van der Waals surface area contributed by atoms with Gasteiger partial charge in [0.1, 0.15) is 12.2 Å². The lowest BCUT2D eigenvalue weighted by Crippen LogP contribution is -2.43. The predicted molar refractivity (Wildman–Crippen MR) is 121 cm³/mol. The topological polar surface area (TPSA) is 117 Å². The molecule has 2 atom stereocenters. The van der Waals surface area contributed by atoms with E-state index in [0.29, 0.717) is 11.8 Å². The SMILES string of the molecule is COC(=O)Cc1ncc(-c2nc(N3CC4CCC(C3)O4)nc3c2cnn3C2CCOCC2)cn1. The van der Waals surface area contributed by atoms with E-state index < -0.39 is 0 Å². The normalized spacial score (nSPS) is 22.9. The van der Waals surface area contributed by atoms with Crippen molar-refractivity contribution in [1.29, 1.82) is 0 Å². The van der Waals surface area contributed by atoms with Crippen molar-refractivity contribution < 1.29 is 19.0 Å². The van der Waals surface area contributed by atoms with Crippen LogP contribution < -0.4 is 4.90 Å². The van der Waals surface area contributed by atoms with Gasteiger partial charge in [0.25, 0.3) is 0 Å². The Morgan fingerprint density at radius 3 is 2.50 bits per heavy atom. The van der Waals surface area contributed by atoms with Crippen LogP contribution in [0.15, 0.2) is 18.6 Å². The van der Waals surface area contributed by atoms with Gasteiger partial charge in [-0.15, -0.1) is 0 Å². The second-order valence-electron chi connectivity index (χ2n) is 9.05. The highest BCUT2D eigenvalue weighted by Crippen LogP contribution is 2.33. The van der Waals surface area contributed by atoms with Gasteiger partial charge in [-0.25, -0.2) is 19.6 Å². The molecule has 3 aliphatic rings. The van der Waals surface area contributed by atoms with Crippen molar-refractivity contribution in [3.05, 3.63) is 24.4 Å². The number of carbonyl (C=O) groups excluding carboxylic acids is 1. The molecule has 3 fully saturated rings. The molecule has 2 unspecified atom stereocenters. The first kappa shape index (κ1) is 21.4. The molecule has 2 bridgehead atoms. The Morgan fingerprint density at radius 1 is 1.06 bits per heavy atom. The van der Waals surface area contributed by atoms with Crippen LogP contribution in [-0.2, 0) is 25.4 Å². The van der Waals surface area contributed by atoms with Crippen molar-refractivity contribution in [2.75, 3.05) is 38.3 Å². The molecule has 0 N–H and O–H groups in total. The van der Waals surface area contributed by atoms with Crippen LogP contribution in [0.3, 0.4) is 0 Å². The number of hydrogen-bond acceptors (Lipinski definition) is 10. The van der Waals surface area contributed by atoms with Gasteiger partial charge in [-0.3, -0.25) is 4.79 Å². The van der Waals surface area contributed by atoms with E-state index in [1.54, 1.807) is 12.4 Å². The van der Waals surface area contributed by atoms with Gasteiger partial charge < -0.3 is 19.1 Å². The average molecular weight is 466 g/mol. The Morgan fingerprint density at radius 2 is 1.79 bits per heavy atom. The fourth-order valence-electron chi connectivity index (χ4n) is 5.02. The first-order chi connectivity index (χ1) is 16.7. The maximum absolute atomic E-state index is 11.6. The average Bonchev–Trinajstić information content (AvgIpc) is 3.46. The standard InChI is InChI=1S/C23H27N7O4/c1-32-20(31)8-19-24-9-14(10-25-19)21-18-11-26-30(15-4-6-33-7-5-15)22(18)28-23(27-21)29-12-16-2-3-17(13-29)34-16/h9-11,15-17H,2-8,12-13H2,1H3. The van der Waals surface area contributed by atoms with Crippen LogP contribution in [0.25, 0.3) is 22.3 Å². The lowest BCUT2D eigenvalue weighted by molar-refractivity contribution is -0.139. The van der Waals surface area contributed by atoms with Gasteiger partial charge in [-0.05, 0) is 25.7 Å². The van der Waals surface area contributed by atoms with Crippen LogP contribution in [0.5, 0.6) is 0 Å². The number of anilines is 1. The molecule has 3 aromatic rings. The minimum Gasteiger partial charge on any atom is -0.469 e. The number of esters is 1. The molecule has 178 valence electrons. The quantitative estimate of drug-likeness (QED) is 0.516. The monoisotopic (exact) mass is 465 g/mol. The highest BCUT2D eigenvalue weighted by molar-refractivity contribution is 5.91. The molecule has 3 saturated heterocycles. The fourth-order valence-corrected chi connectivity index (χ4v) is 5.02. The third-order valence-electron chi connectivity index (χ3n) is 6.81. The summed E-state index contributed by atoms with van der Waals surface area (Å²) in [5.74, 6) is 0.707. The molecular weight excluding hydrogens is 438 g/mol. The minimum atomic E-state index is -0.376. The first-order valence-electron chi connectivity index (χ1n) is 11.8. The molecule has 6 rings (SSSR count). The Bertz CT molecular complexity index is 1180. The van der Waals surface area contributed by atoms with E-state index in [4.69, 9.17) is 29.3 Å². The third kappa shape index (κ3) is 3.98. The maximum atomic E-state index is 11.6. The Kier molecular flexibility index (Phi) is 5.58. The lowest BCUT2D eigenvalue weighted by atomic mass is 10.1. The summed E-state index contributed by atoms with van der Waals surface area (Å²) in [6.45, 7) is 3.00. The van der Waals surface area contributed by atoms with Crippen LogP contribution >= 0.6 is 0 Å². The summed E-state index contributed by atoms with van der Waals surface area (Å²) in [5.41, 5.74) is 2.30. The number of ether oxygens (including phenoxy) is 3. The second kappa shape index (κ2) is 8.88. The van der Waals surface area contributed by atoms with Crippen LogP contribution in [0.4, 0.5) is 5.95 Å². The molecule has 0 radical (unpaired) electrons. The van der Waals surface area contributed by atoms with Gasteiger partial charge in [-0.1, -0.05) is 0 Å². The molecule has 11 nitrogen and oxygen atoms in total. The maximum Gasteiger partial charge on any atom is 0.313 e. The summed E-state index contributed by atoms with van der Waals surface area (Å²) in [5, 5.41) is 5.57. The van der Waals surface area contributed by atoms with E-state index in [0.717, 1.165) is 74.3 Å². The zero-order valence-corrected chi connectivity index (χ0v) is 19.1. The molecule has 11 heteroatoms. The number of hydrogen-bond donors (Lipinski definition) is 0. The van der Waals surface area contributed by atoms with Gasteiger partial charge in [0.05, 0.1) is 42.6 Å². The predicted octanol–water partition coefficient (Wildman–Crippen LogP) is 1.72. The number of carbonyl (C=O) groups is 1. The van der Waals surface area contributed by atoms with Crippen LogP contribution in [0.1, 0.15) is 37.5 Å². The summed E-state index contributed by atoms with van der Waals surface area (Å²) in [7, 11) is 1.35. The summed E-state index contributed by atoms with van der Waals surface area (Å²) in [6, 6.07) is 0.237. The molecule has 0 aliphatic carbocycles. The highest BCUT2D eigenvalue weighted by atomic mass is 16.5. The summed E-state index contributed by atoms with van der Waals surface area (Å²) in [4.78, 5) is 32.5. The number of aromatic nitrogens is 6. The van der Waals surface area contributed by atoms with Gasteiger partial charge in [0.2, 0.25) is 5.95 Å². The Balaban J connectivity index is 1.42. The molecular formula is C23H27N7O4. The van der Waals surface area contributed by atoms with Gasteiger partial charge in [0, 0.05) is 44.3 Å². The Hall–Kier alpha value is -3.18. The number of fused-ring (bicyclic) bond motifs is 3. The molecule has 0 amide bonds. The van der Waals surface area contributed by atoms with E-state index >= 15 is 0 Å². The molecule has 0 aromatic carbocycles. The largest absolute Gasteiger partial charge is 0.469 e. The molecule has 3 aliphatic heterocycles. The van der Waals surface area contributed by atoms with Crippen LogP contribution in [0, 0.1) is 0 Å². The number of nitrogens with zero attached hydrogens (tertiary/aromatic N) is 7. The highest BCUT2D eigenvalue weighted by Gasteiger charge is 2.35. The molecule has 34 heavy (non-hydrogen) atoms. The first-order valence-corrected chi connectivity index (χ1v) is 11.8. The van der Waals surface area contributed by atoms with Crippen LogP contribution in [-0.4, -0.2) is 81.3 Å². The van der Waals surface area contributed by atoms with Crippen molar-refractivity contribution in [3.63, 3.8) is 0 Å². The van der Waals surface area contributed by atoms with Crippen molar-refractivity contribution >= 4 is 23.0 Å². The van der Waals surface area contributed by atoms with Crippen molar-refractivity contribution in [2.24, 2.45) is 0 Å². The Labute approximate surface area is 196 Å². The summed E-state index contributed by atoms with van der Waals surface area (Å²) in [6.07, 6.45) is 9.66. The van der Waals surface area contributed by atoms with E-state index in [2.05, 4.69) is 14.9 Å². The number of methoxy groups -OCH3 is 1. The summed E-state index contributed by atoms with van der Waals surface area (Å²) >= 11 is 0. The van der Waals surface area contributed by atoms with Crippen molar-refractivity contribution in [1.82, 2.24) is 29.7 Å². The molecule has 0 saturated carbocycles. The second-order valence-corrected chi connectivity index (χ2v) is 9.05. The molecule has 6 heterocycles. The van der Waals surface area contributed by atoms with Gasteiger partial charge in [0.15, 0.2) is 5.65 Å². The van der Waals surface area contributed by atoms with E-state index in [1.165, 1.54) is 7.11 Å². The summed E-state index contributed by atoms with van der Waals surface area (Å²) < 4.78 is 18.3. The molecule has 3 aromatic heterocycles. The minimum absolute atomic E-state index is 0.0272. The smallest absolute Gasteiger partial charge is 0.313 e. The fraction of sp³-hybridized carbons (Fsp3) is 0.565. The van der Waals surface area contributed by atoms with Gasteiger partial charge >= 0.3 is 5.97 Å². The number of rotatable bonds is 5. The number of morpholine rings is 1. The van der Waals surface area contributed by atoms with E-state index in [9.17, 15) is 4.79 Å². The van der Waals surface area contributed by atoms with Crippen molar-refractivity contribution in [2.45, 2.75) is 50.4 Å². The third-order valence-corrected chi connectivity index (χ3v) is 6.81. The van der Waals surface area contributed by atoms with E-state index in [1.807, 2.05) is 10.9 Å². The van der Waals surface area contributed by atoms with E-state index in [-0.39, 0.29) is 30.6 Å². The molecule has 0 spiro atoms. The van der Waals surface area contributed by atoms with Crippen LogP contribution in [0.2, 0.25) is 0 Å². The zero-order chi connectivity index (χ0) is 23.1. The van der Waals surface area contributed by atoms with Crippen molar-refractivity contribution in [3.8, 4) is 11.3 Å².